The van der Waals surface area contributed by atoms with Gasteiger partial charge in [-0.1, -0.05) is 68.7 Å². The molecule has 2 aliphatic rings. The zero-order chi connectivity index (χ0) is 19.9. The third-order valence-electron chi connectivity index (χ3n) is 5.11. The molecule has 28 heavy (non-hydrogen) atoms. The number of hydrogen-bond donors (Lipinski definition) is 1. The van der Waals surface area contributed by atoms with Crippen LogP contribution in [0.2, 0.25) is 5.02 Å². The van der Waals surface area contributed by atoms with Crippen LogP contribution in [-0.2, 0) is 9.59 Å². The van der Waals surface area contributed by atoms with Gasteiger partial charge in [0.25, 0.3) is 11.1 Å². The predicted molar refractivity (Wildman–Crippen MR) is 111 cm³/mol. The summed E-state index contributed by atoms with van der Waals surface area (Å²) in [5.74, 6) is 0.328. The average Bonchev–Trinajstić information content (AvgIpc) is 3.00. The van der Waals surface area contributed by atoms with E-state index in [1.54, 1.807) is 18.2 Å². The van der Waals surface area contributed by atoms with Crippen molar-refractivity contribution in [3.05, 3.63) is 33.7 Å². The molecular formula is C21H24ClNO4S. The minimum atomic E-state index is -0.452. The summed E-state index contributed by atoms with van der Waals surface area (Å²) in [5.41, 5.74) is 0.525. The van der Waals surface area contributed by atoms with Crippen molar-refractivity contribution in [2.45, 2.75) is 57.8 Å². The Morgan fingerprint density at radius 3 is 2.71 bits per heavy atom. The highest BCUT2D eigenvalue weighted by Gasteiger charge is 2.25. The van der Waals surface area contributed by atoms with Crippen molar-refractivity contribution in [1.29, 1.82) is 0 Å². The van der Waals surface area contributed by atoms with Crippen molar-refractivity contribution >= 4 is 46.6 Å². The van der Waals surface area contributed by atoms with Gasteiger partial charge in [-0.05, 0) is 41.8 Å². The molecule has 1 aliphatic heterocycles. The number of benzene rings is 1. The summed E-state index contributed by atoms with van der Waals surface area (Å²) in [6.45, 7) is 0. The second-order valence-electron chi connectivity index (χ2n) is 7.24. The first-order chi connectivity index (χ1) is 13.5. The van der Waals surface area contributed by atoms with Gasteiger partial charge in [0.05, 0.1) is 9.93 Å². The molecule has 0 bridgehead atoms. The second-order valence-corrected chi connectivity index (χ2v) is 8.63. The molecular weight excluding hydrogens is 398 g/mol. The minimum Gasteiger partial charge on any atom is -0.425 e. The maximum atomic E-state index is 12.2. The lowest BCUT2D eigenvalue weighted by Gasteiger charge is -2.21. The Morgan fingerprint density at radius 2 is 2.00 bits per heavy atom. The maximum Gasteiger partial charge on any atom is 0.311 e. The van der Waals surface area contributed by atoms with Crippen LogP contribution in [0.5, 0.6) is 5.75 Å². The highest BCUT2D eigenvalue weighted by atomic mass is 35.5. The molecule has 1 N–H and O–H groups in total. The molecule has 1 saturated heterocycles. The van der Waals surface area contributed by atoms with E-state index < -0.39 is 11.1 Å². The molecule has 2 fully saturated rings. The van der Waals surface area contributed by atoms with Crippen LogP contribution < -0.4 is 10.1 Å². The van der Waals surface area contributed by atoms with E-state index in [0.29, 0.717) is 12.0 Å². The lowest BCUT2D eigenvalue weighted by Crippen LogP contribution is -2.17. The number of thioether (sulfide) groups is 1. The summed E-state index contributed by atoms with van der Waals surface area (Å²) in [5, 5.41) is 2.03. The molecule has 1 aliphatic carbocycles. The fourth-order valence-corrected chi connectivity index (χ4v) is 4.52. The van der Waals surface area contributed by atoms with Crippen molar-refractivity contribution in [2.75, 3.05) is 0 Å². The lowest BCUT2D eigenvalue weighted by atomic mass is 9.86. The number of halogens is 1. The molecule has 150 valence electrons. The first kappa shape index (κ1) is 20.9. The minimum absolute atomic E-state index is 0.248. The molecule has 1 saturated carbocycles. The van der Waals surface area contributed by atoms with Crippen molar-refractivity contribution in [3.63, 3.8) is 0 Å². The van der Waals surface area contributed by atoms with Gasteiger partial charge in [0, 0.05) is 6.42 Å². The SMILES string of the molecule is O=C(CCCCC1CCCCC1)Oc1cccc(C=C2SC(=O)NC2=O)c1Cl. The van der Waals surface area contributed by atoms with Gasteiger partial charge in [0.1, 0.15) is 5.75 Å². The average molecular weight is 422 g/mol. The van der Waals surface area contributed by atoms with Gasteiger partial charge in [-0.2, -0.15) is 0 Å². The molecule has 0 unspecified atom stereocenters. The Bertz CT molecular complexity index is 787. The standard InChI is InChI=1S/C21H24ClNO4S/c22-19-15(13-17-20(25)23-21(26)28-17)10-6-11-16(19)27-18(24)12-5-4-9-14-7-2-1-3-8-14/h6,10-11,13-14H,1-5,7-9,12H2,(H,23,25,26). The zero-order valence-electron chi connectivity index (χ0n) is 15.7. The lowest BCUT2D eigenvalue weighted by molar-refractivity contribution is -0.134. The van der Waals surface area contributed by atoms with Gasteiger partial charge in [-0.25, -0.2) is 0 Å². The molecule has 5 nitrogen and oxygen atoms in total. The monoisotopic (exact) mass is 421 g/mol. The maximum absolute atomic E-state index is 12.2. The Balaban J connectivity index is 1.51. The van der Waals surface area contributed by atoms with E-state index in [4.69, 9.17) is 16.3 Å². The van der Waals surface area contributed by atoms with E-state index in [-0.39, 0.29) is 21.6 Å². The van der Waals surface area contributed by atoms with Gasteiger partial charge in [0.15, 0.2) is 0 Å². The summed E-state index contributed by atoms with van der Waals surface area (Å²) in [4.78, 5) is 35.4. The van der Waals surface area contributed by atoms with Crippen LogP contribution in [0.4, 0.5) is 4.79 Å². The summed E-state index contributed by atoms with van der Waals surface area (Å²) >= 11 is 7.15. The van der Waals surface area contributed by atoms with Crippen molar-refractivity contribution in [3.8, 4) is 5.75 Å². The number of rotatable bonds is 7. The van der Waals surface area contributed by atoms with Crippen molar-refractivity contribution < 1.29 is 19.1 Å². The van der Waals surface area contributed by atoms with E-state index in [1.165, 1.54) is 44.6 Å². The van der Waals surface area contributed by atoms with Crippen molar-refractivity contribution in [2.24, 2.45) is 5.92 Å². The summed E-state index contributed by atoms with van der Waals surface area (Å²) in [6.07, 6.45) is 11.6. The van der Waals surface area contributed by atoms with Gasteiger partial charge >= 0.3 is 5.97 Å². The first-order valence-electron chi connectivity index (χ1n) is 9.77. The van der Waals surface area contributed by atoms with E-state index in [9.17, 15) is 14.4 Å². The fourth-order valence-electron chi connectivity index (χ4n) is 3.63. The highest BCUT2D eigenvalue weighted by Crippen LogP contribution is 2.33. The number of carbonyl (C=O) groups is 3. The van der Waals surface area contributed by atoms with Crippen LogP contribution >= 0.6 is 23.4 Å². The smallest absolute Gasteiger partial charge is 0.311 e. The molecule has 0 atom stereocenters. The van der Waals surface area contributed by atoms with Gasteiger partial charge in [-0.3, -0.25) is 19.7 Å². The quantitative estimate of drug-likeness (QED) is 0.264. The first-order valence-corrected chi connectivity index (χ1v) is 11.0. The Hall–Kier alpha value is -1.79. The van der Waals surface area contributed by atoms with Crippen LogP contribution in [-0.4, -0.2) is 17.1 Å². The Morgan fingerprint density at radius 1 is 1.21 bits per heavy atom. The number of carbonyl (C=O) groups excluding carboxylic acids is 3. The molecule has 0 spiro atoms. The van der Waals surface area contributed by atoms with E-state index in [2.05, 4.69) is 5.32 Å². The van der Waals surface area contributed by atoms with Gasteiger partial charge in [-0.15, -0.1) is 0 Å². The third-order valence-corrected chi connectivity index (χ3v) is 6.33. The van der Waals surface area contributed by atoms with Crippen LogP contribution in [0.25, 0.3) is 6.08 Å². The molecule has 3 rings (SSSR count). The Kier molecular flexibility index (Phi) is 7.57. The predicted octanol–water partition coefficient (Wildman–Crippen LogP) is 5.71. The Labute approximate surface area is 174 Å². The van der Waals surface area contributed by atoms with E-state index in [1.807, 2.05) is 0 Å². The number of hydrogen-bond acceptors (Lipinski definition) is 5. The van der Waals surface area contributed by atoms with Gasteiger partial charge in [0.2, 0.25) is 0 Å². The molecule has 0 radical (unpaired) electrons. The highest BCUT2D eigenvalue weighted by molar-refractivity contribution is 8.18. The van der Waals surface area contributed by atoms with Gasteiger partial charge < -0.3 is 4.74 Å². The summed E-state index contributed by atoms with van der Waals surface area (Å²) < 4.78 is 5.42. The van der Waals surface area contributed by atoms with Crippen LogP contribution in [0.3, 0.4) is 0 Å². The third kappa shape index (κ3) is 5.85. The number of ether oxygens (including phenoxy) is 1. The normalized spacial score (nSPS) is 19.1. The van der Waals surface area contributed by atoms with E-state index >= 15 is 0 Å². The molecule has 2 amide bonds. The van der Waals surface area contributed by atoms with Crippen molar-refractivity contribution in [1.82, 2.24) is 5.32 Å². The fraction of sp³-hybridized carbons (Fsp3) is 0.476. The topological polar surface area (TPSA) is 72.5 Å². The summed E-state index contributed by atoms with van der Waals surface area (Å²) in [7, 11) is 0. The number of amides is 2. The van der Waals surface area contributed by atoms with Crippen LogP contribution in [0, 0.1) is 5.92 Å². The molecule has 1 aromatic rings. The second kappa shape index (κ2) is 10.1. The molecule has 7 heteroatoms. The zero-order valence-corrected chi connectivity index (χ0v) is 17.2. The molecule has 0 aromatic heterocycles. The summed E-state index contributed by atoms with van der Waals surface area (Å²) in [6, 6.07) is 5.02. The van der Waals surface area contributed by atoms with E-state index in [0.717, 1.165) is 30.5 Å². The number of unbranched alkanes of at least 4 members (excludes halogenated alkanes) is 1. The molecule has 1 aromatic carbocycles. The number of nitrogens with one attached hydrogen (secondary N) is 1. The van der Waals surface area contributed by atoms with Crippen LogP contribution in [0.15, 0.2) is 23.1 Å². The number of esters is 1. The number of imide groups is 1. The largest absolute Gasteiger partial charge is 0.425 e. The van der Waals surface area contributed by atoms with Crippen LogP contribution in [0.1, 0.15) is 63.4 Å². The molecule has 1 heterocycles.